The summed E-state index contributed by atoms with van der Waals surface area (Å²) in [4.78, 5) is 31.6. The first-order valence-corrected chi connectivity index (χ1v) is 17.2. The van der Waals surface area contributed by atoms with Crippen LogP contribution in [0.2, 0.25) is 5.02 Å². The average Bonchev–Trinajstić information content (AvgIpc) is 2.98. The van der Waals surface area contributed by atoms with Gasteiger partial charge >= 0.3 is 0 Å². The molecule has 0 radical (unpaired) electrons. The molecule has 3 heterocycles. The monoisotopic (exact) mass is 655 g/mol. The van der Waals surface area contributed by atoms with Crippen molar-refractivity contribution in [1.82, 2.24) is 15.1 Å². The van der Waals surface area contributed by atoms with Crippen molar-refractivity contribution < 1.29 is 28.5 Å². The van der Waals surface area contributed by atoms with E-state index in [-0.39, 0.29) is 41.6 Å². The number of aliphatic hydroxyl groups excluding tert-OH is 1. The first-order valence-electron chi connectivity index (χ1n) is 14.9. The molecule has 2 aromatic carbocycles. The summed E-state index contributed by atoms with van der Waals surface area (Å²) in [5, 5.41) is 14.7. The first-order chi connectivity index (χ1) is 20.1. The molecule has 2 aromatic rings. The number of piperazine rings is 1. The number of benzene rings is 2. The fraction of sp³-hybridized carbons (Fsp3) is 0.548. The van der Waals surface area contributed by atoms with E-state index in [0.717, 1.165) is 30.7 Å². The molecule has 1 spiro atoms. The molecule has 3 saturated heterocycles. The van der Waals surface area contributed by atoms with Gasteiger partial charge < -0.3 is 20.1 Å². The van der Waals surface area contributed by atoms with E-state index in [1.807, 2.05) is 36.4 Å². The van der Waals surface area contributed by atoms with Gasteiger partial charge in [-0.3, -0.25) is 23.6 Å². The first kappa shape index (κ1) is 33.8. The normalized spacial score (nSPS) is 23.7. The summed E-state index contributed by atoms with van der Waals surface area (Å²) >= 11 is 5.95. The largest absolute Gasteiger partial charge is 0.457 e. The van der Waals surface area contributed by atoms with Gasteiger partial charge in [-0.05, 0) is 80.0 Å². The van der Waals surface area contributed by atoms with Crippen LogP contribution in [-0.2, 0) is 16.1 Å². The number of unbranched alkanes of at least 4 members (excludes halogenated alkanes) is 1. The minimum atomic E-state index is -2.60. The van der Waals surface area contributed by atoms with Gasteiger partial charge in [-0.15, -0.1) is 12.4 Å². The maximum Gasteiger partial charge on any atom is 0.248 e. The molecule has 0 aliphatic carbocycles. The lowest BCUT2D eigenvalue weighted by Crippen LogP contribution is -2.75. The number of carbonyl (C=O) groups is 2. The summed E-state index contributed by atoms with van der Waals surface area (Å²) in [6.07, 6.45) is 2.52. The zero-order valence-electron chi connectivity index (χ0n) is 24.5. The summed E-state index contributed by atoms with van der Waals surface area (Å²) in [6.45, 7) is 4.60. The van der Waals surface area contributed by atoms with Gasteiger partial charge in [0.15, 0.2) is 0 Å². The topological polar surface area (TPSA) is 123 Å². The number of ether oxygens (including phenoxy) is 1. The maximum atomic E-state index is 13.8. The van der Waals surface area contributed by atoms with E-state index in [4.69, 9.17) is 16.3 Å². The number of rotatable bonds is 9. The molecular weight excluding hydrogens is 613 g/mol. The number of amides is 2. The van der Waals surface area contributed by atoms with Gasteiger partial charge in [-0.25, -0.2) is 0 Å². The smallest absolute Gasteiger partial charge is 0.248 e. The number of hydrogen-bond donors (Lipinski definition) is 4. The zero-order valence-corrected chi connectivity index (χ0v) is 26.9. The van der Waals surface area contributed by atoms with E-state index in [1.54, 1.807) is 17.0 Å². The van der Waals surface area contributed by atoms with E-state index < -0.39 is 28.3 Å². The van der Waals surface area contributed by atoms with Crippen LogP contribution >= 0.6 is 34.6 Å². The number of nitrogens with zero attached hydrogens (tertiary/aromatic N) is 2. The van der Waals surface area contributed by atoms with Crippen LogP contribution in [0.1, 0.15) is 51.0 Å². The van der Waals surface area contributed by atoms with E-state index in [9.17, 15) is 23.8 Å². The molecule has 3 aliphatic heterocycles. The van der Waals surface area contributed by atoms with Crippen molar-refractivity contribution in [2.45, 2.75) is 69.7 Å². The van der Waals surface area contributed by atoms with E-state index in [0.29, 0.717) is 56.1 Å². The summed E-state index contributed by atoms with van der Waals surface area (Å²) in [5.41, 5.74) is 0.214. The molecule has 3 aliphatic rings. The second-order valence-electron chi connectivity index (χ2n) is 11.8. The highest BCUT2D eigenvalue weighted by Crippen LogP contribution is 2.47. The fourth-order valence-electron chi connectivity index (χ4n) is 6.39. The molecule has 0 bridgehead atoms. The highest BCUT2D eigenvalue weighted by Gasteiger charge is 2.55. The van der Waals surface area contributed by atoms with Crippen molar-refractivity contribution in [2.75, 3.05) is 31.1 Å². The number of hydrogen-bond acceptors (Lipinski definition) is 7. The molecule has 238 valence electrons. The van der Waals surface area contributed by atoms with Gasteiger partial charge in [-0.2, -0.15) is 10.6 Å². The molecule has 0 unspecified atom stereocenters. The minimum Gasteiger partial charge on any atom is -0.457 e. The fourth-order valence-corrected chi connectivity index (χ4v) is 8.08. The Bertz CT molecular complexity index is 1230. The number of likely N-dealkylation sites (tertiary alicyclic amines) is 1. The Kier molecular flexibility index (Phi) is 11.3. The lowest BCUT2D eigenvalue weighted by molar-refractivity contribution is -0.165. The molecule has 2 amide bonds. The Hall–Kier alpha value is -2.05. The molecule has 12 heteroatoms. The molecule has 2 atom stereocenters. The van der Waals surface area contributed by atoms with Crippen molar-refractivity contribution >= 4 is 46.4 Å². The van der Waals surface area contributed by atoms with Gasteiger partial charge in [0.05, 0.1) is 6.10 Å². The number of halogens is 2. The number of aliphatic hydroxyl groups is 1. The van der Waals surface area contributed by atoms with Crippen LogP contribution in [0.25, 0.3) is 0 Å². The Morgan fingerprint density at radius 2 is 1.60 bits per heavy atom. The van der Waals surface area contributed by atoms with Crippen LogP contribution < -0.4 is 10.1 Å². The molecule has 4 N–H and O–H groups in total. The summed E-state index contributed by atoms with van der Waals surface area (Å²) in [7, 11) is -2.60. The maximum absolute atomic E-state index is 13.8. The van der Waals surface area contributed by atoms with Crippen LogP contribution in [0.4, 0.5) is 0 Å². The summed E-state index contributed by atoms with van der Waals surface area (Å²) in [5.74, 6) is 1.23. The molecule has 9 nitrogen and oxygen atoms in total. The van der Waals surface area contributed by atoms with Crippen molar-refractivity contribution in [3.63, 3.8) is 0 Å². The van der Waals surface area contributed by atoms with Crippen LogP contribution in [0, 0.1) is 5.92 Å². The van der Waals surface area contributed by atoms with E-state index in [2.05, 4.69) is 17.1 Å². The predicted molar refractivity (Wildman–Crippen MR) is 172 cm³/mol. The second-order valence-corrected chi connectivity index (χ2v) is 14.7. The van der Waals surface area contributed by atoms with Crippen LogP contribution in [0.15, 0.2) is 48.5 Å². The molecular formula is C31H43Cl2N3O6S. The second kappa shape index (κ2) is 14.4. The zero-order chi connectivity index (χ0) is 29.9. The Morgan fingerprint density at radius 1 is 1.02 bits per heavy atom. The predicted octanol–water partition coefficient (Wildman–Crippen LogP) is 5.54. The van der Waals surface area contributed by atoms with Crippen LogP contribution in [-0.4, -0.2) is 84.7 Å². The molecule has 3 fully saturated rings. The Labute approximate surface area is 266 Å². The highest BCUT2D eigenvalue weighted by molar-refractivity contribution is 8.24. The Morgan fingerprint density at radius 3 is 2.19 bits per heavy atom. The van der Waals surface area contributed by atoms with Crippen molar-refractivity contribution in [3.05, 3.63) is 59.1 Å². The third kappa shape index (κ3) is 7.79. The lowest BCUT2D eigenvalue weighted by Gasteiger charge is -2.53. The van der Waals surface area contributed by atoms with Gasteiger partial charge in [0.25, 0.3) is 0 Å². The van der Waals surface area contributed by atoms with Crippen molar-refractivity contribution in [1.29, 1.82) is 0 Å². The highest BCUT2D eigenvalue weighted by atomic mass is 35.5. The quantitative estimate of drug-likeness (QED) is 0.280. The summed E-state index contributed by atoms with van der Waals surface area (Å²) in [6, 6.07) is 14.2. The van der Waals surface area contributed by atoms with Crippen molar-refractivity contribution in [2.24, 2.45) is 5.92 Å². The number of nitrogens with one attached hydrogen (secondary N) is 1. The van der Waals surface area contributed by atoms with Gasteiger partial charge in [0.2, 0.25) is 11.8 Å². The molecule has 5 rings (SSSR count). The number of piperidine rings is 1. The van der Waals surface area contributed by atoms with E-state index >= 15 is 0 Å². The van der Waals surface area contributed by atoms with Gasteiger partial charge in [0, 0.05) is 42.7 Å². The van der Waals surface area contributed by atoms with Crippen LogP contribution in [0.5, 0.6) is 11.5 Å². The minimum absolute atomic E-state index is 0. The Balaban J connectivity index is 0.00000423. The molecule has 43 heavy (non-hydrogen) atoms. The molecule has 0 aromatic heterocycles. The SMILES string of the molecule is CCCCN1C(=O)[C@@H]([C@H](O)C2CCS(O)(O)CC2)NC(=O)C12CCN(Cc1ccc(Oc3ccc(Cl)cc3)cc1)CC2.Cl. The van der Waals surface area contributed by atoms with Gasteiger partial charge in [0.1, 0.15) is 23.1 Å². The third-order valence-corrected chi connectivity index (χ3v) is 11.0. The summed E-state index contributed by atoms with van der Waals surface area (Å²) < 4.78 is 25.8. The van der Waals surface area contributed by atoms with Crippen LogP contribution in [0.3, 0.4) is 0 Å². The third-order valence-electron chi connectivity index (χ3n) is 9.01. The lowest BCUT2D eigenvalue weighted by atomic mass is 9.79. The molecule has 0 saturated carbocycles. The van der Waals surface area contributed by atoms with E-state index in [1.165, 1.54) is 0 Å². The average molecular weight is 657 g/mol. The van der Waals surface area contributed by atoms with Gasteiger partial charge in [-0.1, -0.05) is 37.1 Å². The van der Waals surface area contributed by atoms with Crippen molar-refractivity contribution in [3.8, 4) is 11.5 Å². The number of carbonyl (C=O) groups excluding carboxylic acids is 2. The standard InChI is InChI=1S/C31H42ClN3O6S.ClH/c1-2-3-16-35-29(37)27(28(36)23-12-19-42(39,40)20-13-23)33-30(38)31(35)14-17-34(18-15-31)21-22-4-8-25(9-5-22)41-26-10-6-24(32)7-11-26;/h4-11,23,27-28,36,39-40H,2-3,12-21H2,1H3,(H,33,38);1H/t27-,28-;/m1./s1.